The van der Waals surface area contributed by atoms with E-state index in [2.05, 4.69) is 25.4 Å². The van der Waals surface area contributed by atoms with Crippen LogP contribution >= 0.6 is 24.0 Å². The molecule has 0 spiro atoms. The summed E-state index contributed by atoms with van der Waals surface area (Å²) in [5, 5.41) is 6.67. The van der Waals surface area contributed by atoms with Crippen molar-refractivity contribution >= 4 is 35.8 Å². The highest BCUT2D eigenvalue weighted by Crippen LogP contribution is 2.28. The molecule has 1 saturated carbocycles. The first-order chi connectivity index (χ1) is 14.3. The van der Waals surface area contributed by atoms with Crippen molar-refractivity contribution < 1.29 is 13.9 Å². The van der Waals surface area contributed by atoms with Gasteiger partial charge in [-0.3, -0.25) is 14.7 Å². The quantitative estimate of drug-likeness (QED) is 0.207. The summed E-state index contributed by atoms with van der Waals surface area (Å²) in [6.45, 7) is 7.43. The molecule has 0 radical (unpaired) electrons. The highest BCUT2D eigenvalue weighted by molar-refractivity contribution is 14.0. The fourth-order valence-corrected chi connectivity index (χ4v) is 3.61. The van der Waals surface area contributed by atoms with Crippen molar-refractivity contribution in [3.8, 4) is 0 Å². The van der Waals surface area contributed by atoms with E-state index in [0.29, 0.717) is 25.0 Å². The first-order valence-corrected chi connectivity index (χ1v) is 10.8. The number of carbonyl (C=O) groups is 1. The van der Waals surface area contributed by atoms with E-state index in [0.717, 1.165) is 76.8 Å². The van der Waals surface area contributed by atoms with Crippen LogP contribution < -0.4 is 10.6 Å². The molecular weight excluding hydrogens is 497 g/mol. The minimum atomic E-state index is 0. The topological polar surface area (TPSA) is 82.3 Å². The molecule has 30 heavy (non-hydrogen) atoms. The molecule has 0 atom stereocenters. The summed E-state index contributed by atoms with van der Waals surface area (Å²) in [6, 6.07) is 3.78. The van der Waals surface area contributed by atoms with Gasteiger partial charge in [0.05, 0.1) is 6.26 Å². The van der Waals surface area contributed by atoms with Crippen LogP contribution in [-0.4, -0.2) is 81.1 Å². The van der Waals surface area contributed by atoms with Gasteiger partial charge in [0.1, 0.15) is 12.4 Å². The predicted octanol–water partition coefficient (Wildman–Crippen LogP) is 1.91. The minimum absolute atomic E-state index is 0. The lowest BCUT2D eigenvalue weighted by Gasteiger charge is -2.38. The van der Waals surface area contributed by atoms with E-state index in [-0.39, 0.29) is 24.0 Å². The third-order valence-corrected chi connectivity index (χ3v) is 5.66. The molecule has 3 rings (SSSR count). The lowest BCUT2D eigenvalue weighted by Crippen LogP contribution is -2.52. The second-order valence-electron chi connectivity index (χ2n) is 7.71. The highest BCUT2D eigenvalue weighted by Gasteiger charge is 2.30. The molecule has 0 unspecified atom stereocenters. The number of amides is 1. The lowest BCUT2D eigenvalue weighted by atomic mass is 9.84. The van der Waals surface area contributed by atoms with Gasteiger partial charge in [0.25, 0.3) is 0 Å². The van der Waals surface area contributed by atoms with Crippen LogP contribution in [0, 0.1) is 5.92 Å². The molecule has 1 amide bonds. The van der Waals surface area contributed by atoms with Crippen molar-refractivity contribution in [3.63, 3.8) is 0 Å². The van der Waals surface area contributed by atoms with E-state index in [1.807, 2.05) is 12.1 Å². The molecule has 170 valence electrons. The summed E-state index contributed by atoms with van der Waals surface area (Å²) >= 11 is 0. The van der Waals surface area contributed by atoms with Crippen LogP contribution in [0.5, 0.6) is 0 Å². The molecule has 0 aromatic carbocycles. The summed E-state index contributed by atoms with van der Waals surface area (Å²) in [6.07, 6.45) is 5.95. The number of guanidine groups is 1. The summed E-state index contributed by atoms with van der Waals surface area (Å²) < 4.78 is 10.8. The molecule has 1 saturated heterocycles. The molecule has 1 aromatic heterocycles. The second-order valence-corrected chi connectivity index (χ2v) is 7.71. The average molecular weight is 533 g/mol. The number of piperazine rings is 1. The highest BCUT2D eigenvalue weighted by atomic mass is 127. The maximum absolute atomic E-state index is 12.3. The largest absolute Gasteiger partial charge is 0.467 e. The Morgan fingerprint density at radius 1 is 1.23 bits per heavy atom. The van der Waals surface area contributed by atoms with Gasteiger partial charge in [0, 0.05) is 65.4 Å². The number of nitrogens with zero attached hydrogens (tertiary/aromatic N) is 3. The molecule has 0 bridgehead atoms. The number of furan rings is 1. The number of aliphatic imine (C=N–C) groups is 1. The first-order valence-electron chi connectivity index (χ1n) is 10.8. The third kappa shape index (κ3) is 8.07. The number of hydrogen-bond acceptors (Lipinski definition) is 5. The van der Waals surface area contributed by atoms with Crippen LogP contribution in [0.3, 0.4) is 0 Å². The fraction of sp³-hybridized carbons (Fsp3) is 0.714. The predicted molar refractivity (Wildman–Crippen MR) is 128 cm³/mol. The monoisotopic (exact) mass is 533 g/mol. The van der Waals surface area contributed by atoms with E-state index >= 15 is 0 Å². The van der Waals surface area contributed by atoms with Crippen LogP contribution in [0.1, 0.15) is 31.4 Å². The van der Waals surface area contributed by atoms with Crippen LogP contribution in [0.25, 0.3) is 0 Å². The molecular formula is C21H36IN5O3. The van der Waals surface area contributed by atoms with Gasteiger partial charge < -0.3 is 24.7 Å². The molecule has 2 aliphatic rings. The van der Waals surface area contributed by atoms with Crippen LogP contribution in [-0.2, 0) is 16.1 Å². The van der Waals surface area contributed by atoms with E-state index < -0.39 is 0 Å². The number of rotatable bonds is 10. The van der Waals surface area contributed by atoms with Gasteiger partial charge in [0.15, 0.2) is 5.96 Å². The molecule has 2 fully saturated rings. The third-order valence-electron chi connectivity index (χ3n) is 5.66. The van der Waals surface area contributed by atoms with Crippen molar-refractivity contribution in [2.75, 3.05) is 59.5 Å². The van der Waals surface area contributed by atoms with Crippen molar-refractivity contribution in [1.82, 2.24) is 20.4 Å². The molecule has 8 nitrogen and oxygen atoms in total. The van der Waals surface area contributed by atoms with Gasteiger partial charge in [-0.15, -0.1) is 24.0 Å². The summed E-state index contributed by atoms with van der Waals surface area (Å²) in [5.41, 5.74) is 0. The Labute approximate surface area is 196 Å². The van der Waals surface area contributed by atoms with Crippen LogP contribution in [0.2, 0.25) is 0 Å². The number of hydrogen-bond donors (Lipinski definition) is 2. The molecule has 1 aromatic rings. The van der Waals surface area contributed by atoms with Gasteiger partial charge in [-0.1, -0.05) is 6.42 Å². The van der Waals surface area contributed by atoms with Gasteiger partial charge in [-0.05, 0) is 31.4 Å². The Hall–Kier alpha value is -1.33. The van der Waals surface area contributed by atoms with Crippen molar-refractivity contribution in [2.45, 2.75) is 32.3 Å². The molecule has 2 N–H and O–H groups in total. The van der Waals surface area contributed by atoms with E-state index in [1.54, 1.807) is 13.3 Å². The van der Waals surface area contributed by atoms with E-state index in [1.165, 1.54) is 6.42 Å². The zero-order valence-corrected chi connectivity index (χ0v) is 20.3. The Bertz CT molecular complexity index is 629. The summed E-state index contributed by atoms with van der Waals surface area (Å²) in [4.78, 5) is 21.0. The lowest BCUT2D eigenvalue weighted by molar-refractivity contribution is -0.139. The van der Waals surface area contributed by atoms with Crippen molar-refractivity contribution in [1.29, 1.82) is 0 Å². The minimum Gasteiger partial charge on any atom is -0.467 e. The van der Waals surface area contributed by atoms with Gasteiger partial charge in [-0.2, -0.15) is 0 Å². The van der Waals surface area contributed by atoms with Crippen molar-refractivity contribution in [3.05, 3.63) is 24.2 Å². The Kier molecular flexibility index (Phi) is 11.5. The number of halogens is 1. The Balaban J connectivity index is 0.00000320. The second kappa shape index (κ2) is 13.9. The van der Waals surface area contributed by atoms with Crippen LogP contribution in [0.4, 0.5) is 0 Å². The number of carbonyl (C=O) groups excluding carboxylic acids is 1. The van der Waals surface area contributed by atoms with Crippen LogP contribution in [0.15, 0.2) is 27.8 Å². The standard InChI is InChI=1S/C21H35N5O3.HI/c1-22-21(23-8-4-15-28-17-19-7-3-16-29-19)24-9-10-25-11-13-26(14-12-25)20(27)18-5-2-6-18;/h3,7,16,18H,2,4-6,8-15,17H2,1H3,(H2,22,23,24);1H. The maximum atomic E-state index is 12.3. The Morgan fingerprint density at radius 3 is 2.63 bits per heavy atom. The maximum Gasteiger partial charge on any atom is 0.225 e. The average Bonchev–Trinajstić information content (AvgIpc) is 3.22. The van der Waals surface area contributed by atoms with Gasteiger partial charge in [-0.25, -0.2) is 0 Å². The van der Waals surface area contributed by atoms with E-state index in [4.69, 9.17) is 9.15 Å². The first kappa shape index (κ1) is 24.9. The SMILES string of the molecule is CN=C(NCCCOCc1ccco1)NCCN1CCN(C(=O)C2CCC2)CC1.I. The molecule has 9 heteroatoms. The van der Waals surface area contributed by atoms with Gasteiger partial charge in [0.2, 0.25) is 5.91 Å². The summed E-state index contributed by atoms with van der Waals surface area (Å²) in [5.74, 6) is 2.36. The van der Waals surface area contributed by atoms with E-state index in [9.17, 15) is 4.79 Å². The molecule has 1 aliphatic heterocycles. The van der Waals surface area contributed by atoms with Crippen molar-refractivity contribution in [2.24, 2.45) is 10.9 Å². The normalized spacial score (nSPS) is 17.9. The molecule has 1 aliphatic carbocycles. The summed E-state index contributed by atoms with van der Waals surface area (Å²) in [7, 11) is 1.79. The van der Waals surface area contributed by atoms with Gasteiger partial charge >= 0.3 is 0 Å². The zero-order valence-electron chi connectivity index (χ0n) is 18.0. The fourth-order valence-electron chi connectivity index (χ4n) is 3.61. The smallest absolute Gasteiger partial charge is 0.225 e. The Morgan fingerprint density at radius 2 is 2.00 bits per heavy atom. The zero-order chi connectivity index (χ0) is 20.3. The molecule has 2 heterocycles. The number of nitrogens with one attached hydrogen (secondary N) is 2. The number of ether oxygens (including phenoxy) is 1.